The molecule has 0 radical (unpaired) electrons. The van der Waals surface area contributed by atoms with Gasteiger partial charge in [-0.15, -0.1) is 4.91 Å². The number of nitroso groups, excluding NO2 is 1. The first kappa shape index (κ1) is 30.0. The van der Waals surface area contributed by atoms with E-state index in [-0.39, 0.29) is 11.8 Å². The predicted molar refractivity (Wildman–Crippen MR) is 171 cm³/mol. The number of ether oxygens (including phenoxy) is 3. The van der Waals surface area contributed by atoms with Gasteiger partial charge in [0.25, 0.3) is 0 Å². The third-order valence-electron chi connectivity index (χ3n) is 8.85. The fourth-order valence-electron chi connectivity index (χ4n) is 6.41. The Bertz CT molecular complexity index is 1630. The highest BCUT2D eigenvalue weighted by atomic mass is 16.5. The van der Waals surface area contributed by atoms with Gasteiger partial charge in [-0.25, -0.2) is 4.98 Å². The van der Waals surface area contributed by atoms with E-state index in [1.165, 1.54) is 34.0 Å². The average Bonchev–Trinajstić information content (AvgIpc) is 3.71. The van der Waals surface area contributed by atoms with Crippen LogP contribution in [0.4, 0.5) is 0 Å². The highest BCUT2D eigenvalue weighted by Gasteiger charge is 2.28. The molecule has 9 nitrogen and oxygen atoms in total. The molecule has 4 heterocycles. The fourth-order valence-corrected chi connectivity index (χ4v) is 6.41. The largest absolute Gasteiger partial charge is 0.488 e. The zero-order chi connectivity index (χ0) is 30.8. The lowest BCUT2D eigenvalue weighted by atomic mass is 9.91. The summed E-state index contributed by atoms with van der Waals surface area (Å²) in [6.45, 7) is 16.2. The highest BCUT2D eigenvalue weighted by Crippen LogP contribution is 2.35. The molecular formula is C35H41N5O4. The zero-order valence-corrected chi connectivity index (χ0v) is 26.1. The van der Waals surface area contributed by atoms with Gasteiger partial charge < -0.3 is 14.2 Å². The Morgan fingerprint density at radius 3 is 2.84 bits per heavy atom. The van der Waals surface area contributed by atoms with Gasteiger partial charge >= 0.3 is 0 Å². The van der Waals surface area contributed by atoms with Crippen LogP contribution in [0.5, 0.6) is 5.88 Å². The number of benzene rings is 1. The molecule has 1 atom stereocenters. The minimum atomic E-state index is -0.147. The topological polar surface area (TPSA) is 91.1 Å². The minimum Gasteiger partial charge on any atom is -0.488 e. The van der Waals surface area contributed by atoms with Crippen molar-refractivity contribution in [3.8, 4) is 11.7 Å². The van der Waals surface area contributed by atoms with Crippen molar-refractivity contribution in [1.82, 2.24) is 19.7 Å². The van der Waals surface area contributed by atoms with Crippen LogP contribution >= 0.6 is 0 Å². The Morgan fingerprint density at radius 1 is 1.20 bits per heavy atom. The van der Waals surface area contributed by atoms with Crippen molar-refractivity contribution in [3.05, 3.63) is 98.9 Å². The molecule has 0 amide bonds. The summed E-state index contributed by atoms with van der Waals surface area (Å²) < 4.78 is 19.9. The Kier molecular flexibility index (Phi) is 8.77. The van der Waals surface area contributed by atoms with Gasteiger partial charge in [-0.3, -0.25) is 4.90 Å². The summed E-state index contributed by atoms with van der Waals surface area (Å²) >= 11 is 0. The fraction of sp³-hybridized carbons (Fsp3) is 0.429. The van der Waals surface area contributed by atoms with Crippen molar-refractivity contribution in [2.45, 2.75) is 78.7 Å². The van der Waals surface area contributed by atoms with E-state index >= 15 is 0 Å². The van der Waals surface area contributed by atoms with E-state index in [4.69, 9.17) is 19.2 Å². The van der Waals surface area contributed by atoms with Crippen LogP contribution in [0.2, 0.25) is 0 Å². The van der Waals surface area contributed by atoms with Crippen LogP contribution in [0, 0.1) is 11.8 Å². The molecule has 2 aliphatic heterocycles. The summed E-state index contributed by atoms with van der Waals surface area (Å²) in [7, 11) is 0. The molecule has 230 valence electrons. The molecule has 0 N–H and O–H groups in total. The summed E-state index contributed by atoms with van der Waals surface area (Å²) in [5.41, 5.74) is 8.91. The normalized spacial score (nSPS) is 18.8. The lowest BCUT2D eigenvalue weighted by molar-refractivity contribution is 0.134. The van der Waals surface area contributed by atoms with Gasteiger partial charge in [-0.1, -0.05) is 30.9 Å². The molecule has 6 rings (SSSR count). The number of fused-ring (bicyclic) bond motifs is 1. The maximum absolute atomic E-state index is 11.2. The first-order valence-corrected chi connectivity index (χ1v) is 15.5. The second-order valence-electron chi connectivity index (χ2n) is 12.1. The van der Waals surface area contributed by atoms with Gasteiger partial charge in [0.1, 0.15) is 18.1 Å². The Labute approximate surface area is 259 Å². The molecule has 0 unspecified atom stereocenters. The van der Waals surface area contributed by atoms with Crippen molar-refractivity contribution in [2.75, 3.05) is 19.8 Å². The van der Waals surface area contributed by atoms with Gasteiger partial charge in [-0.2, -0.15) is 9.78 Å². The van der Waals surface area contributed by atoms with Crippen molar-refractivity contribution in [3.63, 3.8) is 0 Å². The number of hydrogen-bond acceptors (Lipinski definition) is 8. The van der Waals surface area contributed by atoms with Gasteiger partial charge in [0, 0.05) is 31.3 Å². The van der Waals surface area contributed by atoms with E-state index in [9.17, 15) is 4.91 Å². The van der Waals surface area contributed by atoms with Gasteiger partial charge in [0.05, 0.1) is 30.2 Å². The summed E-state index contributed by atoms with van der Waals surface area (Å²) in [6.07, 6.45) is 7.64. The summed E-state index contributed by atoms with van der Waals surface area (Å²) in [5.74, 6) is 1.83. The monoisotopic (exact) mass is 595 g/mol. The van der Waals surface area contributed by atoms with Crippen molar-refractivity contribution < 1.29 is 14.2 Å². The molecule has 0 bridgehead atoms. The van der Waals surface area contributed by atoms with Crippen LogP contribution in [-0.2, 0) is 29.0 Å². The average molecular weight is 596 g/mol. The molecule has 3 aliphatic rings. The lowest BCUT2D eigenvalue weighted by Gasteiger charge is -2.34. The van der Waals surface area contributed by atoms with Crippen molar-refractivity contribution in [1.29, 1.82) is 0 Å². The minimum absolute atomic E-state index is 0.0606. The standard InChI is InChI=1S/C35H41N5O4/c1-22(2)44-35-31(25(5)38-41)18-36-40(35)33-11-7-10-32(37-33)30-9-6-8-23(3)34(30)43-20-27-13-12-26-19-39(28-15-17-42-21-28)16-14-29(26)24(27)4/h7,9-13,18,22,28H,5-6,8,14-17,19-21H2,1-4H3/t28-/m1/s1. The van der Waals surface area contributed by atoms with Crippen LogP contribution in [0.1, 0.15) is 73.5 Å². The molecule has 2 aromatic heterocycles. The first-order valence-electron chi connectivity index (χ1n) is 15.5. The van der Waals surface area contributed by atoms with Crippen LogP contribution < -0.4 is 4.74 Å². The zero-order valence-electron chi connectivity index (χ0n) is 26.1. The molecular weight excluding hydrogens is 554 g/mol. The van der Waals surface area contributed by atoms with E-state index in [1.807, 2.05) is 32.0 Å². The Morgan fingerprint density at radius 2 is 2.07 bits per heavy atom. The van der Waals surface area contributed by atoms with Gasteiger partial charge in [-0.05, 0) is 98.5 Å². The van der Waals surface area contributed by atoms with E-state index in [2.05, 4.69) is 53.8 Å². The first-order chi connectivity index (χ1) is 21.3. The van der Waals surface area contributed by atoms with Crippen molar-refractivity contribution in [2.24, 2.45) is 5.18 Å². The van der Waals surface area contributed by atoms with E-state index in [1.54, 1.807) is 4.68 Å². The summed E-state index contributed by atoms with van der Waals surface area (Å²) in [4.78, 5) is 18.8. The molecule has 0 saturated carbocycles. The summed E-state index contributed by atoms with van der Waals surface area (Å²) in [5, 5.41) is 7.48. The number of pyridine rings is 1. The molecule has 3 aromatic rings. The molecule has 0 spiro atoms. The molecule has 1 saturated heterocycles. The van der Waals surface area contributed by atoms with Crippen molar-refractivity contribution >= 4 is 11.3 Å². The van der Waals surface area contributed by atoms with E-state index in [0.717, 1.165) is 69.0 Å². The van der Waals surface area contributed by atoms with Gasteiger partial charge in [0.15, 0.2) is 5.82 Å². The predicted octanol–water partition coefficient (Wildman–Crippen LogP) is 6.92. The number of rotatable bonds is 10. The molecule has 1 aromatic carbocycles. The van der Waals surface area contributed by atoms with Gasteiger partial charge in [0.2, 0.25) is 5.88 Å². The number of allylic oxidation sites excluding steroid dienone is 3. The molecule has 1 aliphatic carbocycles. The smallest absolute Gasteiger partial charge is 0.228 e. The number of hydrogen-bond donors (Lipinski definition) is 0. The molecule has 9 heteroatoms. The second-order valence-corrected chi connectivity index (χ2v) is 12.1. The maximum atomic E-state index is 11.2. The van der Waals surface area contributed by atoms with Crippen LogP contribution in [0.15, 0.2) is 65.7 Å². The Hall–Kier alpha value is -4.08. The van der Waals surface area contributed by atoms with Crippen LogP contribution in [0.25, 0.3) is 17.1 Å². The van der Waals surface area contributed by atoms with Crippen LogP contribution in [0.3, 0.4) is 0 Å². The third kappa shape index (κ3) is 5.99. The Balaban J connectivity index is 1.23. The van der Waals surface area contributed by atoms with E-state index < -0.39 is 0 Å². The third-order valence-corrected chi connectivity index (χ3v) is 8.85. The van der Waals surface area contributed by atoms with Crippen LogP contribution in [-0.4, -0.2) is 51.6 Å². The SMILES string of the molecule is C=C(N=O)c1cnn(-c2cccc(C3=CCCC(C)=C3OCc3ccc4c(c3C)CCN([C@@H]3CCOC3)C4)n2)c1OC(C)C. The van der Waals surface area contributed by atoms with E-state index in [0.29, 0.717) is 29.9 Å². The lowest BCUT2D eigenvalue weighted by Crippen LogP contribution is -2.39. The summed E-state index contributed by atoms with van der Waals surface area (Å²) in [6, 6.07) is 10.9. The molecule has 44 heavy (non-hydrogen) atoms. The molecule has 1 fully saturated rings. The quantitative estimate of drug-likeness (QED) is 0.235. The highest BCUT2D eigenvalue weighted by molar-refractivity contribution is 5.77. The second kappa shape index (κ2) is 12.9. The number of nitrogens with zero attached hydrogens (tertiary/aromatic N) is 5. The maximum Gasteiger partial charge on any atom is 0.228 e. The number of aromatic nitrogens is 3.